The highest BCUT2D eigenvalue weighted by molar-refractivity contribution is 5.77. The molecule has 1 aromatic rings. The van der Waals surface area contributed by atoms with Crippen molar-refractivity contribution in [3.8, 4) is 0 Å². The van der Waals surface area contributed by atoms with Crippen LogP contribution in [0.3, 0.4) is 0 Å². The molecular weight excluding hydrogens is 238 g/mol. The Morgan fingerprint density at radius 3 is 2.58 bits per heavy atom. The Labute approximate surface area is 115 Å². The van der Waals surface area contributed by atoms with E-state index in [4.69, 9.17) is 0 Å². The van der Waals surface area contributed by atoms with Crippen molar-refractivity contribution in [2.75, 3.05) is 14.1 Å². The number of nitrogens with zero attached hydrogens (tertiary/aromatic N) is 1. The molecule has 0 aromatic heterocycles. The highest BCUT2D eigenvalue weighted by atomic mass is 16.3. The Hall–Kier alpha value is -1.35. The van der Waals surface area contributed by atoms with Crippen LogP contribution in [0.2, 0.25) is 0 Å². The van der Waals surface area contributed by atoms with Crippen LogP contribution in [0.5, 0.6) is 0 Å². The minimum atomic E-state index is -0.424. The van der Waals surface area contributed by atoms with Gasteiger partial charge in [-0.25, -0.2) is 0 Å². The van der Waals surface area contributed by atoms with Crippen molar-refractivity contribution in [1.82, 2.24) is 4.90 Å². The maximum atomic E-state index is 12.1. The van der Waals surface area contributed by atoms with E-state index < -0.39 is 11.5 Å². The Morgan fingerprint density at radius 1 is 1.32 bits per heavy atom. The number of aliphatic hydroxyl groups is 1. The molecule has 1 fully saturated rings. The fourth-order valence-electron chi connectivity index (χ4n) is 3.06. The number of carbonyl (C=O) groups is 1. The van der Waals surface area contributed by atoms with Crippen molar-refractivity contribution < 1.29 is 9.90 Å². The summed E-state index contributed by atoms with van der Waals surface area (Å²) in [5.41, 5.74) is 0.693. The molecule has 0 spiro atoms. The zero-order valence-electron chi connectivity index (χ0n) is 11.8. The zero-order valence-corrected chi connectivity index (χ0v) is 11.8. The molecule has 0 aliphatic heterocycles. The summed E-state index contributed by atoms with van der Waals surface area (Å²) < 4.78 is 0. The first-order valence-corrected chi connectivity index (χ1v) is 7.00. The van der Waals surface area contributed by atoms with Crippen LogP contribution >= 0.6 is 0 Å². The molecule has 2 rings (SSSR count). The van der Waals surface area contributed by atoms with E-state index >= 15 is 0 Å². The average Bonchev–Trinajstić information content (AvgIpc) is 2.42. The molecule has 0 bridgehead atoms. The third-order valence-electron chi connectivity index (χ3n) is 4.30. The van der Waals surface area contributed by atoms with E-state index in [1.54, 1.807) is 19.0 Å². The number of hydrogen-bond acceptors (Lipinski definition) is 2. The van der Waals surface area contributed by atoms with Crippen LogP contribution in [0.1, 0.15) is 37.7 Å². The lowest BCUT2D eigenvalue weighted by Gasteiger charge is -2.42. The number of aliphatic hydroxyl groups excluding tert-OH is 1. The maximum Gasteiger partial charge on any atom is 0.223 e. The highest BCUT2D eigenvalue weighted by Gasteiger charge is 2.43. The van der Waals surface area contributed by atoms with Gasteiger partial charge in [-0.3, -0.25) is 4.79 Å². The molecule has 2 atom stereocenters. The van der Waals surface area contributed by atoms with E-state index in [0.29, 0.717) is 6.42 Å². The van der Waals surface area contributed by atoms with Gasteiger partial charge in [0.25, 0.3) is 0 Å². The second-order valence-electron chi connectivity index (χ2n) is 5.75. The number of rotatable bonds is 3. The molecule has 104 valence electrons. The molecule has 3 heteroatoms. The van der Waals surface area contributed by atoms with Gasteiger partial charge in [0.15, 0.2) is 0 Å². The Balaban J connectivity index is 2.35. The van der Waals surface area contributed by atoms with Crippen LogP contribution in [0.25, 0.3) is 0 Å². The molecule has 19 heavy (non-hydrogen) atoms. The van der Waals surface area contributed by atoms with Crippen LogP contribution in [0.4, 0.5) is 0 Å². The first kappa shape index (κ1) is 14.1. The smallest absolute Gasteiger partial charge is 0.223 e. The molecule has 0 saturated heterocycles. The van der Waals surface area contributed by atoms with E-state index in [-0.39, 0.29) is 5.91 Å². The van der Waals surface area contributed by atoms with Crippen molar-refractivity contribution >= 4 is 5.91 Å². The molecule has 0 heterocycles. The van der Waals surface area contributed by atoms with Gasteiger partial charge in [0.1, 0.15) is 0 Å². The molecule has 1 N–H and O–H groups in total. The Bertz CT molecular complexity index is 430. The van der Waals surface area contributed by atoms with Crippen LogP contribution in [0.15, 0.2) is 30.3 Å². The van der Waals surface area contributed by atoms with Crippen LogP contribution in [-0.4, -0.2) is 36.1 Å². The minimum Gasteiger partial charge on any atom is -0.392 e. The molecule has 3 nitrogen and oxygen atoms in total. The van der Waals surface area contributed by atoms with Gasteiger partial charge in [-0.1, -0.05) is 43.2 Å². The summed E-state index contributed by atoms with van der Waals surface area (Å²) >= 11 is 0. The van der Waals surface area contributed by atoms with Gasteiger partial charge in [-0.05, 0) is 18.4 Å². The summed E-state index contributed by atoms with van der Waals surface area (Å²) in [4.78, 5) is 13.8. The van der Waals surface area contributed by atoms with Crippen molar-refractivity contribution in [2.45, 2.75) is 43.6 Å². The van der Waals surface area contributed by atoms with Crippen molar-refractivity contribution in [3.63, 3.8) is 0 Å². The van der Waals surface area contributed by atoms with E-state index in [0.717, 1.165) is 31.2 Å². The fraction of sp³-hybridized carbons (Fsp3) is 0.562. The summed E-state index contributed by atoms with van der Waals surface area (Å²) in [6.07, 6.45) is 3.77. The molecule has 1 aliphatic rings. The summed E-state index contributed by atoms with van der Waals surface area (Å²) in [5, 5.41) is 10.5. The molecule has 1 aromatic carbocycles. The van der Waals surface area contributed by atoms with E-state index in [1.165, 1.54) is 0 Å². The van der Waals surface area contributed by atoms with Gasteiger partial charge in [0.2, 0.25) is 5.91 Å². The normalized spacial score (nSPS) is 27.0. The molecule has 1 saturated carbocycles. The summed E-state index contributed by atoms with van der Waals surface area (Å²) in [6.45, 7) is 0. The maximum absolute atomic E-state index is 12.1. The lowest BCUT2D eigenvalue weighted by atomic mass is 9.65. The SMILES string of the molecule is CN(C)C(=O)CC1(c2ccccc2)CCCCC1O. The summed E-state index contributed by atoms with van der Waals surface area (Å²) in [6, 6.07) is 10.0. The predicted octanol–water partition coefficient (Wildman–Crippen LogP) is 2.34. The average molecular weight is 261 g/mol. The van der Waals surface area contributed by atoms with Gasteiger partial charge in [0.05, 0.1) is 6.10 Å². The van der Waals surface area contributed by atoms with Crippen LogP contribution in [0, 0.1) is 0 Å². The fourth-order valence-corrected chi connectivity index (χ4v) is 3.06. The molecule has 0 radical (unpaired) electrons. The third kappa shape index (κ3) is 2.81. The van der Waals surface area contributed by atoms with Gasteiger partial charge < -0.3 is 10.0 Å². The first-order chi connectivity index (χ1) is 9.06. The summed E-state index contributed by atoms with van der Waals surface area (Å²) in [7, 11) is 3.55. The number of amides is 1. The number of hydrogen-bond donors (Lipinski definition) is 1. The molecule has 2 unspecified atom stereocenters. The van der Waals surface area contributed by atoms with Gasteiger partial charge >= 0.3 is 0 Å². The highest BCUT2D eigenvalue weighted by Crippen LogP contribution is 2.42. The minimum absolute atomic E-state index is 0.0878. The van der Waals surface area contributed by atoms with Crippen molar-refractivity contribution in [3.05, 3.63) is 35.9 Å². The quantitative estimate of drug-likeness (QED) is 0.907. The zero-order chi connectivity index (χ0) is 13.9. The lowest BCUT2D eigenvalue weighted by Crippen LogP contribution is -2.45. The predicted molar refractivity (Wildman–Crippen MR) is 75.9 cm³/mol. The Morgan fingerprint density at radius 2 is 2.00 bits per heavy atom. The van der Waals surface area contributed by atoms with Crippen LogP contribution < -0.4 is 0 Å². The second-order valence-corrected chi connectivity index (χ2v) is 5.75. The van der Waals surface area contributed by atoms with E-state index in [1.807, 2.05) is 30.3 Å². The molecular formula is C16H23NO2. The van der Waals surface area contributed by atoms with Crippen molar-refractivity contribution in [2.24, 2.45) is 0 Å². The van der Waals surface area contributed by atoms with E-state index in [2.05, 4.69) is 0 Å². The second kappa shape index (κ2) is 5.74. The molecule has 1 amide bonds. The van der Waals surface area contributed by atoms with E-state index in [9.17, 15) is 9.90 Å². The standard InChI is InChI=1S/C16H23NO2/c1-17(2)15(19)12-16(11-7-6-10-14(16)18)13-8-4-3-5-9-13/h3-5,8-9,14,18H,6-7,10-12H2,1-2H3. The third-order valence-corrected chi connectivity index (χ3v) is 4.30. The van der Waals surface area contributed by atoms with Crippen LogP contribution in [-0.2, 0) is 10.2 Å². The lowest BCUT2D eigenvalue weighted by molar-refractivity contribution is -0.132. The van der Waals surface area contributed by atoms with Gasteiger partial charge in [-0.15, -0.1) is 0 Å². The largest absolute Gasteiger partial charge is 0.392 e. The monoisotopic (exact) mass is 261 g/mol. The first-order valence-electron chi connectivity index (χ1n) is 7.00. The summed E-state index contributed by atoms with van der Waals surface area (Å²) in [5.74, 6) is 0.0878. The Kier molecular flexibility index (Phi) is 4.25. The number of carbonyl (C=O) groups excluding carboxylic acids is 1. The molecule has 1 aliphatic carbocycles. The van der Waals surface area contributed by atoms with Gasteiger partial charge in [-0.2, -0.15) is 0 Å². The topological polar surface area (TPSA) is 40.5 Å². The van der Waals surface area contributed by atoms with Crippen molar-refractivity contribution in [1.29, 1.82) is 0 Å². The number of benzene rings is 1. The van der Waals surface area contributed by atoms with Gasteiger partial charge in [0, 0.05) is 25.9 Å².